The van der Waals surface area contributed by atoms with Crippen LogP contribution in [0.15, 0.2) is 148 Å². The number of rotatable bonds is 4. The summed E-state index contributed by atoms with van der Waals surface area (Å²) in [4.78, 5) is 15.3. The molecule has 3 heterocycles. The number of para-hydroxylation sites is 1. The molecule has 0 saturated carbocycles. The van der Waals surface area contributed by atoms with Crippen LogP contribution in [0.25, 0.3) is 99.9 Å². The van der Waals surface area contributed by atoms with Gasteiger partial charge >= 0.3 is 0 Å². The zero-order chi connectivity index (χ0) is 31.6. The zero-order valence-corrected chi connectivity index (χ0v) is 25.4. The van der Waals surface area contributed by atoms with Crippen molar-refractivity contribution in [2.75, 3.05) is 0 Å². The van der Waals surface area contributed by atoms with Gasteiger partial charge in [-0.15, -0.1) is 0 Å². The fourth-order valence-corrected chi connectivity index (χ4v) is 6.79. The number of hydrogen-bond donors (Lipinski definition) is 0. The van der Waals surface area contributed by atoms with E-state index in [9.17, 15) is 0 Å². The van der Waals surface area contributed by atoms with E-state index >= 15 is 0 Å². The average Bonchev–Trinajstić information content (AvgIpc) is 3.73. The van der Waals surface area contributed by atoms with Crippen LogP contribution in [0.1, 0.15) is 0 Å². The quantitative estimate of drug-likeness (QED) is 0.198. The van der Waals surface area contributed by atoms with Gasteiger partial charge in [-0.25, -0.2) is 15.0 Å². The molecule has 0 radical (unpaired) electrons. The molecular weight excluding hydrogens is 590 g/mol. The van der Waals surface area contributed by atoms with Crippen LogP contribution in [0.5, 0.6) is 0 Å². The maximum absolute atomic E-state index is 6.65. The predicted octanol–water partition coefficient (Wildman–Crippen LogP) is 11.1. The largest absolute Gasteiger partial charge is 0.455 e. The molecule has 0 N–H and O–H groups in total. The van der Waals surface area contributed by atoms with Crippen molar-refractivity contribution in [3.63, 3.8) is 0 Å². The van der Waals surface area contributed by atoms with Gasteiger partial charge in [-0.2, -0.15) is 0 Å². The van der Waals surface area contributed by atoms with E-state index in [-0.39, 0.29) is 0 Å². The smallest absolute Gasteiger partial charge is 0.185 e. The highest BCUT2D eigenvalue weighted by atomic mass is 16.3. The summed E-state index contributed by atoms with van der Waals surface area (Å²) in [6.07, 6.45) is 0. The van der Waals surface area contributed by atoms with Gasteiger partial charge in [-0.1, -0.05) is 115 Å². The lowest BCUT2D eigenvalue weighted by Gasteiger charge is -2.10. The van der Waals surface area contributed by atoms with Crippen molar-refractivity contribution in [1.82, 2.24) is 15.0 Å². The van der Waals surface area contributed by atoms with Gasteiger partial charge in [0, 0.05) is 43.8 Å². The first kappa shape index (κ1) is 26.4. The number of nitrogens with zero attached hydrogens (tertiary/aromatic N) is 3. The summed E-state index contributed by atoms with van der Waals surface area (Å²) in [5.74, 6) is 1.71. The molecule has 0 fully saturated rings. The molecule has 0 aliphatic heterocycles. The van der Waals surface area contributed by atoms with Crippen LogP contribution in [0.2, 0.25) is 0 Å². The number of hydrogen-bond acceptors (Lipinski definition) is 5. The van der Waals surface area contributed by atoms with Crippen LogP contribution in [-0.4, -0.2) is 15.0 Å². The van der Waals surface area contributed by atoms with E-state index in [4.69, 9.17) is 23.8 Å². The molecule has 0 atom stereocenters. The average molecular weight is 614 g/mol. The fourth-order valence-electron chi connectivity index (χ4n) is 6.79. The molecule has 5 heteroatoms. The molecule has 0 aliphatic carbocycles. The van der Waals surface area contributed by atoms with E-state index in [0.717, 1.165) is 66.1 Å². The third-order valence-electron chi connectivity index (χ3n) is 9.00. The van der Waals surface area contributed by atoms with Crippen LogP contribution in [0, 0.1) is 12.1 Å². The van der Waals surface area contributed by atoms with Crippen LogP contribution >= 0.6 is 0 Å². The van der Waals surface area contributed by atoms with E-state index in [0.29, 0.717) is 23.1 Å². The molecule has 48 heavy (non-hydrogen) atoms. The Labute approximate surface area is 274 Å². The number of benzene rings is 6. The minimum Gasteiger partial charge on any atom is -0.455 e. The lowest BCUT2D eigenvalue weighted by Crippen LogP contribution is -2.00. The molecule has 10 rings (SSSR count). The summed E-state index contributed by atoms with van der Waals surface area (Å²) < 4.78 is 12.8. The first-order valence-electron chi connectivity index (χ1n) is 15.8. The maximum atomic E-state index is 6.65. The second-order valence-electron chi connectivity index (χ2n) is 11.8. The Morgan fingerprint density at radius 3 is 1.94 bits per heavy atom. The Hall–Kier alpha value is -6.77. The number of aromatic nitrogens is 3. The predicted molar refractivity (Wildman–Crippen MR) is 191 cm³/mol. The van der Waals surface area contributed by atoms with Crippen LogP contribution < -0.4 is 0 Å². The highest BCUT2D eigenvalue weighted by Crippen LogP contribution is 2.41. The summed E-state index contributed by atoms with van der Waals surface area (Å²) in [6.45, 7) is 0. The first-order valence-corrected chi connectivity index (χ1v) is 15.8. The van der Waals surface area contributed by atoms with Crippen molar-refractivity contribution >= 4 is 54.6 Å². The molecule has 0 bridgehead atoms. The first-order chi connectivity index (χ1) is 23.8. The monoisotopic (exact) mass is 613 g/mol. The molecule has 10 aromatic rings. The Kier molecular flexibility index (Phi) is 5.72. The number of fused-ring (bicyclic) bond motifs is 7. The summed E-state index contributed by atoms with van der Waals surface area (Å²) in [6, 6.07) is 53.2. The summed E-state index contributed by atoms with van der Waals surface area (Å²) in [5, 5.41) is 6.22. The lowest BCUT2D eigenvalue weighted by molar-refractivity contribution is 0.669. The SMILES string of the molecule is c1ccc2c(c#1)oc1cccc(-c3nc(-c4ccccc4)nc(-c4cccc5oc6c(-c7ccc8ccccc8c7)cccc6c45)n3)c12. The topological polar surface area (TPSA) is 65.0 Å². The molecule has 0 saturated heterocycles. The van der Waals surface area contributed by atoms with Gasteiger partial charge in [0.05, 0.1) is 0 Å². The van der Waals surface area contributed by atoms with Crippen molar-refractivity contribution in [2.24, 2.45) is 0 Å². The Morgan fingerprint density at radius 1 is 0.458 bits per heavy atom. The molecule has 0 spiro atoms. The Bertz CT molecular complexity index is 2850. The fraction of sp³-hybridized carbons (Fsp3) is 0. The van der Waals surface area contributed by atoms with E-state index in [2.05, 4.69) is 78.9 Å². The standard InChI is InChI=1S/C43H23N3O2/c1-2-12-27(13-3-1)41-44-42(33-18-9-21-36-38(33)31-15-6-7-20-35(31)47-36)46-43(45-41)34-19-10-22-37-39(34)32-17-8-16-30(40(32)48-37)29-24-23-26-11-4-5-14-28(26)25-29/h1-6,8-19,21-25H. The second-order valence-corrected chi connectivity index (χ2v) is 11.8. The minimum atomic E-state index is 0.557. The molecule has 222 valence electrons. The van der Waals surface area contributed by atoms with Crippen molar-refractivity contribution in [3.8, 4) is 45.3 Å². The summed E-state index contributed by atoms with van der Waals surface area (Å²) in [5.41, 5.74) is 7.75. The van der Waals surface area contributed by atoms with E-state index in [1.807, 2.05) is 72.8 Å². The van der Waals surface area contributed by atoms with Crippen molar-refractivity contribution in [3.05, 3.63) is 152 Å². The van der Waals surface area contributed by atoms with Crippen LogP contribution in [-0.2, 0) is 0 Å². The molecular formula is C43H23N3O2. The third-order valence-corrected chi connectivity index (χ3v) is 9.00. The Balaban J connectivity index is 1.23. The molecule has 3 aromatic heterocycles. The van der Waals surface area contributed by atoms with Crippen LogP contribution in [0.3, 0.4) is 0 Å². The van der Waals surface area contributed by atoms with E-state index in [1.54, 1.807) is 0 Å². The summed E-state index contributed by atoms with van der Waals surface area (Å²) >= 11 is 0. The van der Waals surface area contributed by atoms with Crippen molar-refractivity contribution in [1.29, 1.82) is 0 Å². The zero-order valence-electron chi connectivity index (χ0n) is 25.4. The second kappa shape index (κ2) is 10.4. The van der Waals surface area contributed by atoms with Gasteiger partial charge < -0.3 is 8.83 Å². The van der Waals surface area contributed by atoms with Gasteiger partial charge in [-0.3, -0.25) is 0 Å². The van der Waals surface area contributed by atoms with E-state index < -0.39 is 0 Å². The molecule has 5 nitrogen and oxygen atoms in total. The van der Waals surface area contributed by atoms with E-state index in [1.165, 1.54) is 10.8 Å². The number of furan rings is 2. The normalized spacial score (nSPS) is 11.6. The van der Waals surface area contributed by atoms with Gasteiger partial charge in [-0.05, 0) is 52.7 Å². The Morgan fingerprint density at radius 2 is 1.12 bits per heavy atom. The lowest BCUT2D eigenvalue weighted by atomic mass is 9.98. The maximum Gasteiger partial charge on any atom is 0.185 e. The van der Waals surface area contributed by atoms with Crippen LogP contribution in [0.4, 0.5) is 0 Å². The molecule has 0 unspecified atom stereocenters. The van der Waals surface area contributed by atoms with Gasteiger partial charge in [0.1, 0.15) is 16.7 Å². The minimum absolute atomic E-state index is 0.557. The highest BCUT2D eigenvalue weighted by molar-refractivity contribution is 6.15. The van der Waals surface area contributed by atoms with Gasteiger partial charge in [0.25, 0.3) is 0 Å². The van der Waals surface area contributed by atoms with Crippen molar-refractivity contribution < 1.29 is 8.83 Å². The highest BCUT2D eigenvalue weighted by Gasteiger charge is 2.21. The molecule has 7 aromatic carbocycles. The molecule has 0 amide bonds. The van der Waals surface area contributed by atoms with Gasteiger partial charge in [0.2, 0.25) is 0 Å². The van der Waals surface area contributed by atoms with Crippen molar-refractivity contribution in [2.45, 2.75) is 0 Å². The summed E-state index contributed by atoms with van der Waals surface area (Å²) in [7, 11) is 0. The third kappa shape index (κ3) is 4.10. The van der Waals surface area contributed by atoms with Gasteiger partial charge in [0.15, 0.2) is 23.1 Å². The molecule has 0 aliphatic rings.